The molecule has 0 saturated heterocycles. The number of ether oxygens (including phenoxy) is 1. The molecule has 168 valence electrons. The van der Waals surface area contributed by atoms with Crippen LogP contribution in [0.5, 0.6) is 11.5 Å². The van der Waals surface area contributed by atoms with Crippen molar-refractivity contribution in [3.05, 3.63) is 71.5 Å². The van der Waals surface area contributed by atoms with Crippen LogP contribution in [0.4, 0.5) is 11.6 Å². The summed E-state index contributed by atoms with van der Waals surface area (Å²) in [6, 6.07) is 14.8. The lowest BCUT2D eigenvalue weighted by Gasteiger charge is -2.10. The van der Waals surface area contributed by atoms with Crippen molar-refractivity contribution in [2.45, 2.75) is 13.0 Å². The third-order valence-electron chi connectivity index (χ3n) is 4.87. The highest BCUT2D eigenvalue weighted by Gasteiger charge is 2.17. The van der Waals surface area contributed by atoms with Crippen LogP contribution in [0.1, 0.15) is 17.4 Å². The summed E-state index contributed by atoms with van der Waals surface area (Å²) in [5, 5.41) is 15.2. The average molecular weight is 466 g/mol. The van der Waals surface area contributed by atoms with Gasteiger partial charge in [-0.25, -0.2) is 4.98 Å². The van der Waals surface area contributed by atoms with Crippen LogP contribution in [-0.4, -0.2) is 37.6 Å². The molecule has 0 aliphatic rings. The first kappa shape index (κ1) is 22.1. The van der Waals surface area contributed by atoms with E-state index in [1.165, 1.54) is 19.2 Å². The summed E-state index contributed by atoms with van der Waals surface area (Å²) in [5.41, 5.74) is 2.52. The van der Waals surface area contributed by atoms with Gasteiger partial charge in [0.1, 0.15) is 23.2 Å². The van der Waals surface area contributed by atoms with E-state index < -0.39 is 17.9 Å². The fourth-order valence-electron chi connectivity index (χ4n) is 3.08. The summed E-state index contributed by atoms with van der Waals surface area (Å²) in [6.07, 6.45) is 1.42. The van der Waals surface area contributed by atoms with Crippen LogP contribution in [0.3, 0.4) is 0 Å². The molecule has 2 aromatic heterocycles. The van der Waals surface area contributed by atoms with Gasteiger partial charge in [0.2, 0.25) is 5.95 Å². The standard InChI is InChI=1S/C23H20ClN5O4/c1-13(22(31)32)26-21(30)19-12-17(9-10-25-19)33-16-7-8-20-18(11-16)28-23(29(20)2)27-15-5-3-14(24)4-6-15/h3-13H,1-2H3,(H,26,30)(H,27,28)(H,31,32)/t13-/m0/s1. The average Bonchev–Trinajstić information content (AvgIpc) is 3.10. The highest BCUT2D eigenvalue weighted by molar-refractivity contribution is 6.30. The number of aryl methyl sites for hydroxylation is 1. The lowest BCUT2D eigenvalue weighted by molar-refractivity contribution is -0.138. The van der Waals surface area contributed by atoms with Gasteiger partial charge < -0.3 is 25.0 Å². The fraction of sp³-hybridized carbons (Fsp3) is 0.130. The topological polar surface area (TPSA) is 118 Å². The van der Waals surface area contributed by atoms with E-state index in [1.807, 2.05) is 29.8 Å². The summed E-state index contributed by atoms with van der Waals surface area (Å²) < 4.78 is 7.81. The molecular formula is C23H20ClN5O4. The van der Waals surface area contributed by atoms with E-state index in [9.17, 15) is 9.59 Å². The van der Waals surface area contributed by atoms with Gasteiger partial charge >= 0.3 is 5.97 Å². The maximum absolute atomic E-state index is 12.2. The van der Waals surface area contributed by atoms with Gasteiger partial charge in [-0.3, -0.25) is 14.6 Å². The van der Waals surface area contributed by atoms with Crippen molar-refractivity contribution >= 4 is 46.1 Å². The summed E-state index contributed by atoms with van der Waals surface area (Å²) in [7, 11) is 1.90. The van der Waals surface area contributed by atoms with Crippen LogP contribution in [0.15, 0.2) is 60.8 Å². The number of fused-ring (bicyclic) bond motifs is 1. The molecule has 4 rings (SSSR count). The van der Waals surface area contributed by atoms with Gasteiger partial charge in [0.25, 0.3) is 5.91 Å². The largest absolute Gasteiger partial charge is 0.480 e. The van der Waals surface area contributed by atoms with Crippen LogP contribution in [0.2, 0.25) is 5.02 Å². The second-order valence-electron chi connectivity index (χ2n) is 7.29. The Morgan fingerprint density at radius 1 is 1.09 bits per heavy atom. The molecule has 4 aromatic rings. The summed E-state index contributed by atoms with van der Waals surface area (Å²) >= 11 is 5.94. The monoisotopic (exact) mass is 465 g/mol. The van der Waals surface area contributed by atoms with Gasteiger partial charge in [-0.05, 0) is 49.4 Å². The minimum absolute atomic E-state index is 0.0500. The number of carboxylic acids is 1. The highest BCUT2D eigenvalue weighted by Crippen LogP contribution is 2.28. The molecule has 1 amide bonds. The number of hydrogen-bond donors (Lipinski definition) is 3. The van der Waals surface area contributed by atoms with E-state index in [2.05, 4.69) is 20.6 Å². The molecule has 0 bridgehead atoms. The van der Waals surface area contributed by atoms with Crippen LogP contribution >= 0.6 is 11.6 Å². The lowest BCUT2D eigenvalue weighted by atomic mass is 10.2. The van der Waals surface area contributed by atoms with Crippen molar-refractivity contribution in [2.75, 3.05) is 5.32 Å². The van der Waals surface area contributed by atoms with E-state index in [4.69, 9.17) is 21.4 Å². The van der Waals surface area contributed by atoms with E-state index >= 15 is 0 Å². The first-order valence-electron chi connectivity index (χ1n) is 9.97. The quantitative estimate of drug-likeness (QED) is 0.371. The molecule has 33 heavy (non-hydrogen) atoms. The zero-order valence-corrected chi connectivity index (χ0v) is 18.5. The number of nitrogens with one attached hydrogen (secondary N) is 2. The van der Waals surface area contributed by atoms with E-state index in [0.717, 1.165) is 11.2 Å². The number of aromatic nitrogens is 3. The SMILES string of the molecule is C[C@H](NC(=O)c1cc(Oc2ccc3c(c2)nc(Nc2ccc(Cl)cc2)n3C)ccn1)C(=O)O. The highest BCUT2D eigenvalue weighted by atomic mass is 35.5. The zero-order valence-electron chi connectivity index (χ0n) is 17.7. The molecule has 0 aliphatic carbocycles. The number of carbonyl (C=O) groups is 2. The molecule has 10 heteroatoms. The van der Waals surface area contributed by atoms with Crippen molar-refractivity contribution in [2.24, 2.45) is 7.05 Å². The number of anilines is 2. The van der Waals surface area contributed by atoms with Crippen LogP contribution in [0.25, 0.3) is 11.0 Å². The van der Waals surface area contributed by atoms with Gasteiger partial charge in [-0.2, -0.15) is 0 Å². The van der Waals surface area contributed by atoms with Crippen molar-refractivity contribution in [1.29, 1.82) is 0 Å². The van der Waals surface area contributed by atoms with Crippen molar-refractivity contribution in [3.8, 4) is 11.5 Å². The molecule has 0 radical (unpaired) electrons. The molecule has 2 heterocycles. The molecule has 2 aromatic carbocycles. The third kappa shape index (κ3) is 5.04. The van der Waals surface area contributed by atoms with Gasteiger partial charge in [-0.15, -0.1) is 0 Å². The second-order valence-corrected chi connectivity index (χ2v) is 7.73. The van der Waals surface area contributed by atoms with Crippen molar-refractivity contribution in [1.82, 2.24) is 19.9 Å². The Morgan fingerprint density at radius 3 is 2.55 bits per heavy atom. The number of hydrogen-bond acceptors (Lipinski definition) is 6. The molecule has 3 N–H and O–H groups in total. The van der Waals surface area contributed by atoms with E-state index in [1.54, 1.807) is 30.3 Å². The van der Waals surface area contributed by atoms with E-state index in [0.29, 0.717) is 28.0 Å². The zero-order chi connectivity index (χ0) is 23.5. The maximum Gasteiger partial charge on any atom is 0.325 e. The van der Waals surface area contributed by atoms with E-state index in [-0.39, 0.29) is 5.69 Å². The number of benzene rings is 2. The number of carbonyl (C=O) groups excluding carboxylic acids is 1. The Balaban J connectivity index is 1.53. The predicted octanol–water partition coefficient (Wildman–Crippen LogP) is 4.36. The van der Waals surface area contributed by atoms with Gasteiger partial charge in [0.15, 0.2) is 0 Å². The Kier molecular flexibility index (Phi) is 6.14. The first-order chi connectivity index (χ1) is 15.8. The Hall–Kier alpha value is -4.11. The van der Waals surface area contributed by atoms with Crippen molar-refractivity contribution in [3.63, 3.8) is 0 Å². The predicted molar refractivity (Wildman–Crippen MR) is 124 cm³/mol. The summed E-state index contributed by atoms with van der Waals surface area (Å²) in [5.74, 6) is -0.180. The Morgan fingerprint density at radius 2 is 1.82 bits per heavy atom. The molecule has 0 fully saturated rings. The number of halogens is 1. The van der Waals surface area contributed by atoms with Crippen LogP contribution in [-0.2, 0) is 11.8 Å². The third-order valence-corrected chi connectivity index (χ3v) is 5.12. The van der Waals surface area contributed by atoms with Crippen LogP contribution in [0, 0.1) is 0 Å². The molecule has 0 aliphatic heterocycles. The molecular weight excluding hydrogens is 446 g/mol. The first-order valence-corrected chi connectivity index (χ1v) is 10.3. The smallest absolute Gasteiger partial charge is 0.325 e. The Labute approximate surface area is 194 Å². The normalized spacial score (nSPS) is 11.7. The van der Waals surface area contributed by atoms with Crippen LogP contribution < -0.4 is 15.4 Å². The van der Waals surface area contributed by atoms with Gasteiger partial charge in [0, 0.05) is 36.1 Å². The number of aliphatic carboxylic acids is 1. The lowest BCUT2D eigenvalue weighted by Crippen LogP contribution is -2.38. The Bertz CT molecular complexity index is 1340. The molecule has 1 atom stereocenters. The summed E-state index contributed by atoms with van der Waals surface area (Å²) in [6.45, 7) is 1.37. The number of carboxylic acid groups (broad SMARTS) is 1. The minimum atomic E-state index is -1.13. The maximum atomic E-state index is 12.2. The fourth-order valence-corrected chi connectivity index (χ4v) is 3.21. The molecule has 0 spiro atoms. The second kappa shape index (κ2) is 9.17. The molecule has 0 unspecified atom stereocenters. The molecule has 0 saturated carbocycles. The number of amides is 1. The van der Waals surface area contributed by atoms with Gasteiger partial charge in [-0.1, -0.05) is 11.6 Å². The number of imidazole rings is 1. The number of rotatable bonds is 7. The number of nitrogens with zero attached hydrogens (tertiary/aromatic N) is 3. The van der Waals surface area contributed by atoms with Crippen molar-refractivity contribution < 1.29 is 19.4 Å². The number of pyridine rings is 1. The van der Waals surface area contributed by atoms with Gasteiger partial charge in [0.05, 0.1) is 11.0 Å². The molecule has 9 nitrogen and oxygen atoms in total. The minimum Gasteiger partial charge on any atom is -0.480 e. The summed E-state index contributed by atoms with van der Waals surface area (Å²) in [4.78, 5) is 31.8.